The molecule has 1 fully saturated rings. The molecule has 0 saturated carbocycles. The van der Waals surface area contributed by atoms with Crippen LogP contribution in [0.5, 0.6) is 11.5 Å². The van der Waals surface area contributed by atoms with E-state index in [9.17, 15) is 19.7 Å². The molecule has 1 aliphatic heterocycles. The molecule has 0 aliphatic carbocycles. The zero-order chi connectivity index (χ0) is 25.5. The fourth-order valence-corrected chi connectivity index (χ4v) is 4.47. The summed E-state index contributed by atoms with van der Waals surface area (Å²) in [5, 5.41) is 10.5. The van der Waals surface area contributed by atoms with Crippen LogP contribution in [0.3, 0.4) is 0 Å². The number of non-ortho nitro benzene ring substituents is 1. The number of thioether (sulfide) groups is 1. The van der Waals surface area contributed by atoms with Crippen molar-refractivity contribution in [2.75, 3.05) is 13.2 Å². The molecule has 0 spiro atoms. The number of carbonyl (C=O) groups is 2. The summed E-state index contributed by atoms with van der Waals surface area (Å²) in [4.78, 5) is 37.3. The second-order valence-electron chi connectivity index (χ2n) is 7.92. The van der Waals surface area contributed by atoms with Crippen LogP contribution in [-0.2, 0) is 17.8 Å². The van der Waals surface area contributed by atoms with Crippen LogP contribution in [-0.4, -0.2) is 34.1 Å². The van der Waals surface area contributed by atoms with E-state index in [-0.39, 0.29) is 23.4 Å². The summed E-state index contributed by atoms with van der Waals surface area (Å²) in [6.45, 7) is 2.79. The average molecular weight is 505 g/mol. The van der Waals surface area contributed by atoms with Crippen LogP contribution >= 0.6 is 11.8 Å². The van der Waals surface area contributed by atoms with Crippen LogP contribution < -0.4 is 9.47 Å². The van der Waals surface area contributed by atoms with Gasteiger partial charge in [-0.3, -0.25) is 24.6 Å². The van der Waals surface area contributed by atoms with Crippen molar-refractivity contribution in [2.45, 2.75) is 20.0 Å². The predicted molar refractivity (Wildman–Crippen MR) is 138 cm³/mol. The van der Waals surface area contributed by atoms with Gasteiger partial charge >= 0.3 is 0 Å². The topological polar surface area (TPSA) is 99.0 Å². The number of nitrogens with zero attached hydrogens (tertiary/aromatic N) is 2. The summed E-state index contributed by atoms with van der Waals surface area (Å²) in [6.07, 6.45) is 2.28. The highest BCUT2D eigenvalue weighted by molar-refractivity contribution is 8.18. The Morgan fingerprint density at radius 1 is 0.944 bits per heavy atom. The van der Waals surface area contributed by atoms with Crippen molar-refractivity contribution in [3.63, 3.8) is 0 Å². The number of rotatable bonds is 10. The third-order valence-corrected chi connectivity index (χ3v) is 6.35. The van der Waals surface area contributed by atoms with E-state index in [1.807, 2.05) is 37.3 Å². The van der Waals surface area contributed by atoms with Crippen molar-refractivity contribution in [1.82, 2.24) is 4.90 Å². The van der Waals surface area contributed by atoms with Crippen LogP contribution in [0.1, 0.15) is 23.6 Å². The van der Waals surface area contributed by atoms with Crippen molar-refractivity contribution >= 4 is 34.7 Å². The number of nitro benzene ring substituents is 1. The molecule has 184 valence electrons. The number of benzene rings is 3. The molecule has 1 heterocycles. The summed E-state index contributed by atoms with van der Waals surface area (Å²) in [5.41, 5.74) is 2.56. The summed E-state index contributed by atoms with van der Waals surface area (Å²) in [5.74, 6) is 0.692. The Labute approximate surface area is 212 Å². The molecule has 0 bridgehead atoms. The molecule has 0 radical (unpaired) electrons. The van der Waals surface area contributed by atoms with Gasteiger partial charge < -0.3 is 9.47 Å². The summed E-state index contributed by atoms with van der Waals surface area (Å²) < 4.78 is 11.6. The summed E-state index contributed by atoms with van der Waals surface area (Å²) in [6, 6.07) is 21.1. The molecular weight excluding hydrogens is 480 g/mol. The van der Waals surface area contributed by atoms with Crippen LogP contribution in [0.2, 0.25) is 0 Å². The van der Waals surface area contributed by atoms with Gasteiger partial charge in [0.2, 0.25) is 0 Å². The van der Waals surface area contributed by atoms with E-state index < -0.39 is 4.92 Å². The second kappa shape index (κ2) is 11.5. The van der Waals surface area contributed by atoms with Crippen LogP contribution in [0.15, 0.2) is 77.7 Å². The van der Waals surface area contributed by atoms with E-state index in [2.05, 4.69) is 0 Å². The number of ether oxygens (including phenoxy) is 2. The van der Waals surface area contributed by atoms with E-state index in [1.165, 1.54) is 17.0 Å². The standard InChI is InChI=1S/C27H24N2O6S/c1-2-34-24-16-21(10-13-23(24)35-18-20-8-11-22(12-9-20)29(32)33)17-25-26(30)28(27(31)36-25)15-14-19-6-4-3-5-7-19/h3-13,16-17H,2,14-15,18H2,1H3/b25-17+. The van der Waals surface area contributed by atoms with E-state index in [1.54, 1.807) is 36.4 Å². The fraction of sp³-hybridized carbons (Fsp3) is 0.185. The number of amides is 2. The lowest BCUT2D eigenvalue weighted by Crippen LogP contribution is -2.30. The SMILES string of the molecule is CCOc1cc(/C=C2/SC(=O)N(CCc3ccccc3)C2=O)ccc1OCc1ccc([N+](=O)[O-])cc1. The lowest BCUT2D eigenvalue weighted by Gasteiger charge is -2.13. The molecule has 3 aromatic rings. The van der Waals surface area contributed by atoms with Crippen molar-refractivity contribution in [1.29, 1.82) is 0 Å². The van der Waals surface area contributed by atoms with E-state index in [0.29, 0.717) is 41.5 Å². The molecule has 1 aliphatic rings. The van der Waals surface area contributed by atoms with Gasteiger partial charge in [0.1, 0.15) is 6.61 Å². The van der Waals surface area contributed by atoms with Gasteiger partial charge in [-0.25, -0.2) is 0 Å². The summed E-state index contributed by atoms with van der Waals surface area (Å²) >= 11 is 0.924. The zero-order valence-electron chi connectivity index (χ0n) is 19.6. The number of carbonyl (C=O) groups excluding carboxylic acids is 2. The number of hydrogen-bond acceptors (Lipinski definition) is 7. The largest absolute Gasteiger partial charge is 0.490 e. The third-order valence-electron chi connectivity index (χ3n) is 5.45. The van der Waals surface area contributed by atoms with Gasteiger partial charge in [-0.2, -0.15) is 0 Å². The van der Waals surface area contributed by atoms with Crippen molar-refractivity contribution < 1.29 is 24.0 Å². The Morgan fingerprint density at radius 2 is 1.69 bits per heavy atom. The molecule has 36 heavy (non-hydrogen) atoms. The molecule has 0 aromatic heterocycles. The molecule has 3 aromatic carbocycles. The van der Waals surface area contributed by atoms with Crippen molar-refractivity contribution in [3.8, 4) is 11.5 Å². The third kappa shape index (κ3) is 6.11. The minimum atomic E-state index is -0.450. The smallest absolute Gasteiger partial charge is 0.293 e. The first-order chi connectivity index (χ1) is 17.4. The Hall–Kier alpha value is -4.11. The molecule has 0 atom stereocenters. The molecule has 0 unspecified atom stereocenters. The molecule has 9 heteroatoms. The Balaban J connectivity index is 1.44. The maximum absolute atomic E-state index is 12.9. The quantitative estimate of drug-likeness (QED) is 0.194. The van der Waals surface area contributed by atoms with Gasteiger partial charge in [0.25, 0.3) is 16.8 Å². The van der Waals surface area contributed by atoms with Gasteiger partial charge in [-0.1, -0.05) is 36.4 Å². The highest BCUT2D eigenvalue weighted by Gasteiger charge is 2.34. The molecule has 8 nitrogen and oxygen atoms in total. The highest BCUT2D eigenvalue weighted by Crippen LogP contribution is 2.35. The lowest BCUT2D eigenvalue weighted by atomic mass is 10.1. The second-order valence-corrected chi connectivity index (χ2v) is 8.91. The molecular formula is C27H24N2O6S. The van der Waals surface area contributed by atoms with Crippen LogP contribution in [0.25, 0.3) is 6.08 Å². The first-order valence-electron chi connectivity index (χ1n) is 11.4. The predicted octanol–water partition coefficient (Wildman–Crippen LogP) is 5.85. The fourth-order valence-electron chi connectivity index (χ4n) is 3.61. The first-order valence-corrected chi connectivity index (χ1v) is 12.2. The molecule has 4 rings (SSSR count). The summed E-state index contributed by atoms with van der Waals surface area (Å²) in [7, 11) is 0. The lowest BCUT2D eigenvalue weighted by molar-refractivity contribution is -0.384. The van der Waals surface area contributed by atoms with E-state index in [4.69, 9.17) is 9.47 Å². The zero-order valence-corrected chi connectivity index (χ0v) is 20.4. The van der Waals surface area contributed by atoms with Crippen molar-refractivity contribution in [3.05, 3.63) is 105 Å². The Kier molecular flexibility index (Phi) is 8.02. The van der Waals surface area contributed by atoms with Crippen LogP contribution in [0, 0.1) is 10.1 Å². The normalized spacial score (nSPS) is 14.4. The van der Waals surface area contributed by atoms with Crippen LogP contribution in [0.4, 0.5) is 10.5 Å². The highest BCUT2D eigenvalue weighted by atomic mass is 32.2. The maximum Gasteiger partial charge on any atom is 0.293 e. The van der Waals surface area contributed by atoms with Gasteiger partial charge in [-0.05, 0) is 72.1 Å². The minimum Gasteiger partial charge on any atom is -0.490 e. The molecule has 1 saturated heterocycles. The van der Waals surface area contributed by atoms with E-state index >= 15 is 0 Å². The number of imide groups is 1. The monoisotopic (exact) mass is 504 g/mol. The van der Waals surface area contributed by atoms with E-state index in [0.717, 1.165) is 22.9 Å². The molecule has 2 amide bonds. The number of nitro groups is 1. The molecule has 0 N–H and O–H groups in total. The van der Waals surface area contributed by atoms with Gasteiger partial charge in [0, 0.05) is 18.7 Å². The Bertz CT molecular complexity index is 1290. The Morgan fingerprint density at radius 3 is 2.39 bits per heavy atom. The first kappa shape index (κ1) is 25.0. The van der Waals surface area contributed by atoms with Gasteiger partial charge in [-0.15, -0.1) is 0 Å². The minimum absolute atomic E-state index is 0.0163. The average Bonchev–Trinajstić information content (AvgIpc) is 3.15. The maximum atomic E-state index is 12.9. The van der Waals surface area contributed by atoms with Gasteiger partial charge in [0.05, 0.1) is 16.4 Å². The number of hydrogen-bond donors (Lipinski definition) is 0. The van der Waals surface area contributed by atoms with Crippen molar-refractivity contribution in [2.24, 2.45) is 0 Å². The van der Waals surface area contributed by atoms with Gasteiger partial charge in [0.15, 0.2) is 11.5 Å².